The van der Waals surface area contributed by atoms with Gasteiger partial charge in [-0.2, -0.15) is 0 Å². The molecule has 0 bridgehead atoms. The number of hydrogen-bond acceptors (Lipinski definition) is 2. The van der Waals surface area contributed by atoms with Crippen molar-refractivity contribution in [3.63, 3.8) is 0 Å². The maximum absolute atomic E-state index is 13.0. The summed E-state index contributed by atoms with van der Waals surface area (Å²) in [6, 6.07) is 17.8. The van der Waals surface area contributed by atoms with E-state index in [9.17, 15) is 4.79 Å². The molecule has 0 N–H and O–H groups in total. The van der Waals surface area contributed by atoms with Crippen molar-refractivity contribution >= 4 is 19.4 Å². The molecule has 0 aromatic heterocycles. The Bertz CT molecular complexity index is 991. The van der Waals surface area contributed by atoms with Crippen LogP contribution in [0.2, 0.25) is 0 Å². The van der Waals surface area contributed by atoms with Gasteiger partial charge in [-0.25, -0.2) is 0 Å². The third-order valence-corrected chi connectivity index (χ3v) is 6.32. The molecule has 3 aromatic carbocycles. The largest absolute Gasteiger partial charge is 0.457 e. The number of para-hydroxylation sites is 1. The van der Waals surface area contributed by atoms with Crippen LogP contribution in [0.1, 0.15) is 38.2 Å². The summed E-state index contributed by atoms with van der Waals surface area (Å²) < 4.78 is 5.89. The topological polar surface area (TPSA) is 26.3 Å². The van der Waals surface area contributed by atoms with Crippen molar-refractivity contribution in [1.29, 1.82) is 0 Å². The van der Waals surface area contributed by atoms with Crippen LogP contribution < -0.4 is 10.0 Å². The zero-order valence-corrected chi connectivity index (χ0v) is 17.5. The Kier molecular flexibility index (Phi) is 5.77. The molecule has 0 radical (unpaired) electrons. The first-order valence-electron chi connectivity index (χ1n) is 9.09. The fourth-order valence-corrected chi connectivity index (χ4v) is 4.47. The van der Waals surface area contributed by atoms with E-state index in [-0.39, 0.29) is 14.1 Å². The zero-order chi connectivity index (χ0) is 19.6. The van der Waals surface area contributed by atoms with E-state index >= 15 is 0 Å². The third-order valence-electron chi connectivity index (χ3n) is 5.01. The fourth-order valence-electron chi connectivity index (χ4n) is 3.28. The van der Waals surface area contributed by atoms with Crippen LogP contribution >= 0.6 is 8.58 Å². The summed E-state index contributed by atoms with van der Waals surface area (Å²) in [7, 11) is 0.110. The average molecular weight is 376 g/mol. The van der Waals surface area contributed by atoms with E-state index in [4.69, 9.17) is 4.74 Å². The molecule has 0 aliphatic rings. The highest BCUT2D eigenvalue weighted by molar-refractivity contribution is 7.66. The lowest BCUT2D eigenvalue weighted by Gasteiger charge is -2.15. The van der Waals surface area contributed by atoms with Gasteiger partial charge in [0.1, 0.15) is 11.5 Å². The first-order valence-corrected chi connectivity index (χ1v) is 10.1. The highest BCUT2D eigenvalue weighted by Crippen LogP contribution is 2.30. The summed E-state index contributed by atoms with van der Waals surface area (Å²) in [4.78, 5) is 13.0. The van der Waals surface area contributed by atoms with Gasteiger partial charge in [-0.15, -0.1) is 0 Å². The Morgan fingerprint density at radius 2 is 1.44 bits per heavy atom. The summed E-state index contributed by atoms with van der Waals surface area (Å²) in [6.07, 6.45) is 0. The summed E-state index contributed by atoms with van der Waals surface area (Å²) in [5.74, 6) is 1.60. The molecule has 0 saturated heterocycles. The molecule has 138 valence electrons. The van der Waals surface area contributed by atoms with Gasteiger partial charge in [0.25, 0.3) is 0 Å². The van der Waals surface area contributed by atoms with Crippen molar-refractivity contribution in [3.05, 3.63) is 88.0 Å². The Morgan fingerprint density at radius 3 is 2.11 bits per heavy atom. The van der Waals surface area contributed by atoms with Crippen LogP contribution in [0.5, 0.6) is 11.5 Å². The molecular weight excluding hydrogens is 351 g/mol. The molecule has 0 fully saturated rings. The molecular formula is C24H25O2P. The second-order valence-corrected chi connectivity index (χ2v) is 8.22. The number of rotatable bonds is 5. The van der Waals surface area contributed by atoms with Gasteiger partial charge in [0, 0.05) is 5.56 Å². The van der Waals surface area contributed by atoms with Gasteiger partial charge in [0.2, 0.25) is 0 Å². The van der Waals surface area contributed by atoms with Crippen molar-refractivity contribution in [3.8, 4) is 11.5 Å². The van der Waals surface area contributed by atoms with Gasteiger partial charge in [-0.1, -0.05) is 30.3 Å². The molecule has 0 aliphatic heterocycles. The van der Waals surface area contributed by atoms with Crippen LogP contribution in [-0.4, -0.2) is 5.52 Å². The third kappa shape index (κ3) is 4.28. The predicted octanol–water partition coefficient (Wildman–Crippen LogP) is 6.17. The van der Waals surface area contributed by atoms with Crippen LogP contribution in [0.25, 0.3) is 0 Å². The molecule has 2 nitrogen and oxygen atoms in total. The SMILES string of the molecule is Cc1cc(Oc2ccccc2)ccc1PC(=O)c1c(C)cc(C)c(C)c1C. The van der Waals surface area contributed by atoms with Crippen LogP contribution in [0.15, 0.2) is 54.6 Å². The molecule has 3 aromatic rings. The predicted molar refractivity (Wildman–Crippen MR) is 115 cm³/mol. The summed E-state index contributed by atoms with van der Waals surface area (Å²) in [6.45, 7) is 10.3. The molecule has 3 heteroatoms. The molecule has 27 heavy (non-hydrogen) atoms. The second kappa shape index (κ2) is 8.06. The fraction of sp³-hybridized carbons (Fsp3) is 0.208. The number of carbonyl (C=O) groups is 1. The van der Waals surface area contributed by atoms with Gasteiger partial charge in [0.15, 0.2) is 5.52 Å². The Labute approximate surface area is 163 Å². The number of ether oxygens (including phenoxy) is 1. The van der Waals surface area contributed by atoms with E-state index < -0.39 is 0 Å². The normalized spacial score (nSPS) is 11.1. The van der Waals surface area contributed by atoms with Crippen molar-refractivity contribution in [2.24, 2.45) is 0 Å². The van der Waals surface area contributed by atoms with Crippen LogP contribution in [0.4, 0.5) is 0 Å². The van der Waals surface area contributed by atoms with Gasteiger partial charge in [-0.05, 0) is 101 Å². The summed E-state index contributed by atoms with van der Waals surface area (Å²) in [5.41, 5.74) is 6.77. The Morgan fingerprint density at radius 1 is 0.741 bits per heavy atom. The molecule has 3 rings (SSSR count). The summed E-state index contributed by atoms with van der Waals surface area (Å²) >= 11 is 0. The highest BCUT2D eigenvalue weighted by Gasteiger charge is 2.17. The molecule has 1 unspecified atom stereocenters. The van der Waals surface area contributed by atoms with Gasteiger partial charge in [0.05, 0.1) is 0 Å². The molecule has 0 saturated carbocycles. The Balaban J connectivity index is 1.82. The van der Waals surface area contributed by atoms with E-state index in [1.54, 1.807) is 0 Å². The van der Waals surface area contributed by atoms with Crippen molar-refractivity contribution in [2.45, 2.75) is 34.6 Å². The zero-order valence-electron chi connectivity index (χ0n) is 16.5. The maximum atomic E-state index is 13.0. The molecule has 0 spiro atoms. The van der Waals surface area contributed by atoms with E-state index in [1.165, 1.54) is 11.1 Å². The minimum atomic E-state index is 0.110. The molecule has 0 heterocycles. The highest BCUT2D eigenvalue weighted by atomic mass is 31.1. The maximum Gasteiger partial charge on any atom is 0.186 e. The number of benzene rings is 3. The molecule has 0 aliphatic carbocycles. The first kappa shape index (κ1) is 19.3. The van der Waals surface area contributed by atoms with Crippen LogP contribution in [0.3, 0.4) is 0 Å². The Hall–Kier alpha value is -2.44. The molecule has 1 atom stereocenters. The van der Waals surface area contributed by atoms with Crippen LogP contribution in [0, 0.1) is 34.6 Å². The first-order chi connectivity index (χ1) is 12.9. The van der Waals surface area contributed by atoms with Crippen LogP contribution in [-0.2, 0) is 0 Å². The lowest BCUT2D eigenvalue weighted by Crippen LogP contribution is -2.09. The number of aryl methyl sites for hydroxylation is 3. The van der Waals surface area contributed by atoms with Crippen molar-refractivity contribution in [1.82, 2.24) is 0 Å². The van der Waals surface area contributed by atoms with E-state index in [1.807, 2.05) is 62.4 Å². The van der Waals surface area contributed by atoms with Gasteiger partial charge < -0.3 is 4.74 Å². The minimum absolute atomic E-state index is 0.110. The lowest BCUT2D eigenvalue weighted by atomic mass is 9.95. The second-order valence-electron chi connectivity index (χ2n) is 6.98. The van der Waals surface area contributed by atoms with Crippen molar-refractivity contribution in [2.75, 3.05) is 0 Å². The number of carbonyl (C=O) groups excluding carboxylic acids is 1. The minimum Gasteiger partial charge on any atom is -0.457 e. The molecule has 0 amide bonds. The average Bonchev–Trinajstić information content (AvgIpc) is 2.63. The van der Waals surface area contributed by atoms with E-state index in [0.717, 1.165) is 39.1 Å². The van der Waals surface area contributed by atoms with E-state index in [2.05, 4.69) is 26.8 Å². The van der Waals surface area contributed by atoms with Gasteiger partial charge >= 0.3 is 0 Å². The van der Waals surface area contributed by atoms with E-state index in [0.29, 0.717) is 0 Å². The lowest BCUT2D eigenvalue weighted by molar-refractivity contribution is 0.108. The quantitative estimate of drug-likeness (QED) is 0.498. The van der Waals surface area contributed by atoms with Crippen molar-refractivity contribution < 1.29 is 9.53 Å². The van der Waals surface area contributed by atoms with Gasteiger partial charge in [-0.3, -0.25) is 4.79 Å². The standard InChI is InChI=1S/C24H25O2P/c1-15-13-17(3)23(19(5)18(15)4)24(25)27-22-12-11-21(14-16(22)2)26-20-9-7-6-8-10-20/h6-14,27H,1-5H3. The smallest absolute Gasteiger partial charge is 0.186 e. The monoisotopic (exact) mass is 376 g/mol. The number of hydrogen-bond donors (Lipinski definition) is 0. The summed E-state index contributed by atoms with van der Waals surface area (Å²) in [5, 5.41) is 1.07.